The third-order valence-corrected chi connectivity index (χ3v) is 3.16. The van der Waals surface area contributed by atoms with Crippen LogP contribution in [0.3, 0.4) is 0 Å². The fourth-order valence-corrected chi connectivity index (χ4v) is 2.13. The number of hydrogen-bond donors (Lipinski definition) is 2. The van der Waals surface area contributed by atoms with Crippen molar-refractivity contribution in [1.82, 2.24) is 5.32 Å². The SMILES string of the molecule is CC(=O)NC(CC(=O)c1ccccc1)c1ccc(O)cc1. The van der Waals surface area contributed by atoms with Gasteiger partial charge in [-0.05, 0) is 17.7 Å². The summed E-state index contributed by atoms with van der Waals surface area (Å²) >= 11 is 0. The van der Waals surface area contributed by atoms with Crippen molar-refractivity contribution in [2.45, 2.75) is 19.4 Å². The molecule has 108 valence electrons. The number of aromatic hydroxyl groups is 1. The Kier molecular flexibility index (Phi) is 4.72. The number of benzene rings is 2. The van der Waals surface area contributed by atoms with E-state index < -0.39 is 6.04 Å². The van der Waals surface area contributed by atoms with Crippen LogP contribution in [0.5, 0.6) is 5.75 Å². The smallest absolute Gasteiger partial charge is 0.217 e. The van der Waals surface area contributed by atoms with E-state index in [2.05, 4.69) is 5.32 Å². The minimum atomic E-state index is -0.407. The highest BCUT2D eigenvalue weighted by Crippen LogP contribution is 2.21. The monoisotopic (exact) mass is 283 g/mol. The van der Waals surface area contributed by atoms with E-state index in [1.165, 1.54) is 19.1 Å². The fraction of sp³-hybridized carbons (Fsp3) is 0.176. The molecule has 2 aromatic carbocycles. The third kappa shape index (κ3) is 4.18. The number of phenols is 1. The number of nitrogens with one attached hydrogen (secondary N) is 1. The Morgan fingerprint density at radius 3 is 2.24 bits per heavy atom. The molecule has 4 heteroatoms. The number of phenolic OH excluding ortho intramolecular Hbond substituents is 1. The van der Waals surface area contributed by atoms with Crippen molar-refractivity contribution in [1.29, 1.82) is 0 Å². The second-order valence-electron chi connectivity index (χ2n) is 4.84. The fourth-order valence-electron chi connectivity index (χ4n) is 2.13. The lowest BCUT2D eigenvalue weighted by Crippen LogP contribution is -2.28. The molecule has 0 heterocycles. The molecular weight excluding hydrogens is 266 g/mol. The average molecular weight is 283 g/mol. The number of hydrogen-bond acceptors (Lipinski definition) is 3. The lowest BCUT2D eigenvalue weighted by Gasteiger charge is -2.18. The molecule has 1 unspecified atom stereocenters. The molecule has 0 aromatic heterocycles. The predicted molar refractivity (Wildman–Crippen MR) is 80.1 cm³/mol. The van der Waals surface area contributed by atoms with Gasteiger partial charge in [-0.15, -0.1) is 0 Å². The van der Waals surface area contributed by atoms with Gasteiger partial charge in [0.15, 0.2) is 5.78 Å². The molecule has 0 bridgehead atoms. The molecular formula is C17H17NO3. The maximum atomic E-state index is 12.3. The van der Waals surface area contributed by atoms with Crippen LogP contribution in [0.1, 0.15) is 35.3 Å². The van der Waals surface area contributed by atoms with E-state index in [0.29, 0.717) is 5.56 Å². The van der Waals surface area contributed by atoms with Crippen LogP contribution in [0, 0.1) is 0 Å². The summed E-state index contributed by atoms with van der Waals surface area (Å²) in [5, 5.41) is 12.1. The van der Waals surface area contributed by atoms with Gasteiger partial charge in [0.1, 0.15) is 5.75 Å². The maximum absolute atomic E-state index is 12.3. The summed E-state index contributed by atoms with van der Waals surface area (Å²) in [6.07, 6.45) is 0.175. The van der Waals surface area contributed by atoms with E-state index in [1.807, 2.05) is 6.07 Å². The van der Waals surface area contributed by atoms with Gasteiger partial charge in [-0.1, -0.05) is 42.5 Å². The molecule has 2 rings (SSSR count). The summed E-state index contributed by atoms with van der Waals surface area (Å²) in [6, 6.07) is 15.0. The zero-order valence-corrected chi connectivity index (χ0v) is 11.7. The van der Waals surface area contributed by atoms with Crippen LogP contribution < -0.4 is 5.32 Å². The van der Waals surface area contributed by atoms with E-state index in [4.69, 9.17) is 0 Å². The molecule has 0 fully saturated rings. The molecule has 0 saturated heterocycles. The first kappa shape index (κ1) is 14.8. The number of ketones is 1. The molecule has 0 aliphatic rings. The van der Waals surface area contributed by atoms with Crippen molar-refractivity contribution in [2.24, 2.45) is 0 Å². The summed E-state index contributed by atoms with van der Waals surface area (Å²) in [7, 11) is 0. The summed E-state index contributed by atoms with van der Waals surface area (Å²) in [5.74, 6) is -0.0916. The van der Waals surface area contributed by atoms with Crippen molar-refractivity contribution in [3.05, 3.63) is 65.7 Å². The van der Waals surface area contributed by atoms with E-state index >= 15 is 0 Å². The second-order valence-corrected chi connectivity index (χ2v) is 4.84. The quantitative estimate of drug-likeness (QED) is 0.829. The van der Waals surface area contributed by atoms with Crippen LogP contribution in [0.4, 0.5) is 0 Å². The number of rotatable bonds is 5. The van der Waals surface area contributed by atoms with E-state index in [-0.39, 0.29) is 23.9 Å². The van der Waals surface area contributed by atoms with Crippen molar-refractivity contribution in [3.63, 3.8) is 0 Å². The van der Waals surface area contributed by atoms with Gasteiger partial charge in [-0.25, -0.2) is 0 Å². The molecule has 4 nitrogen and oxygen atoms in total. The summed E-state index contributed by atoms with van der Waals surface area (Å²) < 4.78 is 0. The molecule has 21 heavy (non-hydrogen) atoms. The average Bonchev–Trinajstić information content (AvgIpc) is 2.48. The van der Waals surface area contributed by atoms with E-state index in [0.717, 1.165) is 5.56 Å². The highest BCUT2D eigenvalue weighted by atomic mass is 16.3. The Balaban J connectivity index is 2.18. The first-order valence-electron chi connectivity index (χ1n) is 6.70. The van der Waals surface area contributed by atoms with E-state index in [1.54, 1.807) is 36.4 Å². The highest BCUT2D eigenvalue weighted by Gasteiger charge is 2.18. The minimum Gasteiger partial charge on any atom is -0.508 e. The highest BCUT2D eigenvalue weighted by molar-refractivity contribution is 5.96. The first-order valence-corrected chi connectivity index (χ1v) is 6.70. The molecule has 1 amide bonds. The van der Waals surface area contributed by atoms with Gasteiger partial charge < -0.3 is 10.4 Å². The van der Waals surface area contributed by atoms with Crippen molar-refractivity contribution in [3.8, 4) is 5.75 Å². The van der Waals surface area contributed by atoms with Crippen molar-refractivity contribution in [2.75, 3.05) is 0 Å². The summed E-state index contributed by atoms with van der Waals surface area (Å²) in [5.41, 5.74) is 1.40. The normalized spacial score (nSPS) is 11.7. The molecule has 0 aliphatic heterocycles. The minimum absolute atomic E-state index is 0.0394. The molecule has 0 aliphatic carbocycles. The third-order valence-electron chi connectivity index (χ3n) is 3.16. The lowest BCUT2D eigenvalue weighted by molar-refractivity contribution is -0.119. The zero-order chi connectivity index (χ0) is 15.2. The van der Waals surface area contributed by atoms with Crippen LogP contribution in [-0.4, -0.2) is 16.8 Å². The van der Waals surface area contributed by atoms with Gasteiger partial charge in [0.25, 0.3) is 0 Å². The molecule has 0 saturated carbocycles. The second kappa shape index (κ2) is 6.70. The largest absolute Gasteiger partial charge is 0.508 e. The van der Waals surface area contributed by atoms with Gasteiger partial charge in [0.05, 0.1) is 6.04 Å². The molecule has 0 spiro atoms. The van der Waals surface area contributed by atoms with Gasteiger partial charge in [-0.3, -0.25) is 9.59 Å². The topological polar surface area (TPSA) is 66.4 Å². The number of carbonyl (C=O) groups is 2. The Bertz CT molecular complexity index is 620. The number of Topliss-reactive ketones (excluding diaryl/α,β-unsaturated/α-hetero) is 1. The lowest BCUT2D eigenvalue weighted by atomic mass is 9.98. The van der Waals surface area contributed by atoms with Gasteiger partial charge in [0.2, 0.25) is 5.91 Å². The Hall–Kier alpha value is -2.62. The number of amides is 1. The van der Waals surface area contributed by atoms with Crippen LogP contribution in [-0.2, 0) is 4.79 Å². The van der Waals surface area contributed by atoms with Gasteiger partial charge in [0, 0.05) is 18.9 Å². The number of carbonyl (C=O) groups excluding carboxylic acids is 2. The van der Waals surface area contributed by atoms with Gasteiger partial charge >= 0.3 is 0 Å². The van der Waals surface area contributed by atoms with E-state index in [9.17, 15) is 14.7 Å². The summed E-state index contributed by atoms with van der Waals surface area (Å²) in [6.45, 7) is 1.42. The Labute approximate surface area is 123 Å². The standard InChI is InChI=1S/C17H17NO3/c1-12(19)18-16(13-7-9-15(20)10-8-13)11-17(21)14-5-3-2-4-6-14/h2-10,16,20H,11H2,1H3,(H,18,19). The Morgan fingerprint density at radius 2 is 1.67 bits per heavy atom. The summed E-state index contributed by atoms with van der Waals surface area (Å²) in [4.78, 5) is 23.6. The van der Waals surface area contributed by atoms with Crippen LogP contribution in [0.2, 0.25) is 0 Å². The predicted octanol–water partition coefficient (Wildman–Crippen LogP) is 2.84. The molecule has 1 atom stereocenters. The molecule has 2 N–H and O–H groups in total. The molecule has 0 radical (unpaired) electrons. The van der Waals surface area contributed by atoms with Crippen LogP contribution in [0.15, 0.2) is 54.6 Å². The van der Waals surface area contributed by atoms with Crippen LogP contribution in [0.25, 0.3) is 0 Å². The maximum Gasteiger partial charge on any atom is 0.217 e. The first-order chi connectivity index (χ1) is 10.1. The van der Waals surface area contributed by atoms with Crippen molar-refractivity contribution < 1.29 is 14.7 Å². The van der Waals surface area contributed by atoms with Crippen molar-refractivity contribution >= 4 is 11.7 Å². The van der Waals surface area contributed by atoms with Gasteiger partial charge in [-0.2, -0.15) is 0 Å². The van der Waals surface area contributed by atoms with Crippen LogP contribution >= 0.6 is 0 Å². The Morgan fingerprint density at radius 1 is 1.05 bits per heavy atom. The molecule has 2 aromatic rings. The zero-order valence-electron chi connectivity index (χ0n) is 11.7.